The molecule has 0 aromatic rings. The lowest BCUT2D eigenvalue weighted by molar-refractivity contribution is -0.161. The summed E-state index contributed by atoms with van der Waals surface area (Å²) >= 11 is 0. The van der Waals surface area contributed by atoms with E-state index in [9.17, 15) is 14.2 Å². The van der Waals surface area contributed by atoms with Gasteiger partial charge < -0.3 is 19.3 Å². The quantitative estimate of drug-likeness (QED) is 0.0302. The van der Waals surface area contributed by atoms with Crippen LogP contribution in [0.3, 0.4) is 0 Å². The van der Waals surface area contributed by atoms with Gasteiger partial charge in [0.2, 0.25) is 0 Å². The molecule has 0 saturated carbocycles. The van der Waals surface area contributed by atoms with Gasteiger partial charge in [0.1, 0.15) is 6.61 Å². The fraction of sp³-hybridized carbons (Fsp3) is 0.543. The number of esters is 2. The SMILES string of the molecule is CC/C=C/C=C/C=C/C=C/C=C/CCCC(=O)OC(COC(=O)CC/C=C/C/C=C/CCCCCCCC)COP(=O)(O)O. The van der Waals surface area contributed by atoms with Gasteiger partial charge in [-0.2, -0.15) is 0 Å². The number of allylic oxidation sites excluding steroid dienone is 14. The molecule has 0 aromatic carbocycles. The van der Waals surface area contributed by atoms with Crippen LogP contribution in [0.15, 0.2) is 85.1 Å². The summed E-state index contributed by atoms with van der Waals surface area (Å²) in [4.78, 5) is 42.4. The highest BCUT2D eigenvalue weighted by Gasteiger charge is 2.22. The fourth-order valence-corrected chi connectivity index (χ4v) is 4.05. The number of hydrogen-bond donors (Lipinski definition) is 2. The van der Waals surface area contributed by atoms with Crippen LogP contribution in [0.4, 0.5) is 0 Å². The minimum atomic E-state index is -4.78. The molecule has 0 fully saturated rings. The Hall–Kier alpha value is -2.77. The Morgan fingerprint density at radius 1 is 0.636 bits per heavy atom. The molecule has 1 atom stereocenters. The summed E-state index contributed by atoms with van der Waals surface area (Å²) in [6, 6.07) is 0. The lowest BCUT2D eigenvalue weighted by Crippen LogP contribution is -2.29. The number of carbonyl (C=O) groups excluding carboxylic acids is 2. The van der Waals surface area contributed by atoms with E-state index in [1.165, 1.54) is 38.5 Å². The Morgan fingerprint density at radius 3 is 1.89 bits per heavy atom. The summed E-state index contributed by atoms with van der Waals surface area (Å²) in [7, 11) is -4.78. The maximum absolute atomic E-state index is 12.2. The van der Waals surface area contributed by atoms with Gasteiger partial charge in [-0.1, -0.05) is 131 Å². The van der Waals surface area contributed by atoms with E-state index in [4.69, 9.17) is 19.3 Å². The summed E-state index contributed by atoms with van der Waals surface area (Å²) in [6.07, 6.45) is 39.1. The highest BCUT2D eigenvalue weighted by molar-refractivity contribution is 7.46. The summed E-state index contributed by atoms with van der Waals surface area (Å²) < 4.78 is 26.0. The molecule has 0 aliphatic rings. The van der Waals surface area contributed by atoms with E-state index in [2.05, 4.69) is 36.6 Å². The van der Waals surface area contributed by atoms with Crippen molar-refractivity contribution < 1.29 is 37.9 Å². The Labute approximate surface area is 265 Å². The van der Waals surface area contributed by atoms with Gasteiger partial charge in [0, 0.05) is 12.8 Å². The van der Waals surface area contributed by atoms with Gasteiger partial charge in [-0.15, -0.1) is 0 Å². The highest BCUT2D eigenvalue weighted by Crippen LogP contribution is 2.35. The van der Waals surface area contributed by atoms with E-state index in [1.807, 2.05) is 66.8 Å². The van der Waals surface area contributed by atoms with Crippen molar-refractivity contribution in [1.29, 1.82) is 0 Å². The third kappa shape index (κ3) is 32.2. The molecule has 0 spiro atoms. The van der Waals surface area contributed by atoms with E-state index in [0.717, 1.165) is 19.3 Å². The van der Waals surface area contributed by atoms with E-state index in [1.54, 1.807) is 0 Å². The van der Waals surface area contributed by atoms with E-state index < -0.39 is 32.5 Å². The Balaban J connectivity index is 4.29. The molecule has 44 heavy (non-hydrogen) atoms. The molecule has 8 nitrogen and oxygen atoms in total. The smallest absolute Gasteiger partial charge is 0.462 e. The number of carbonyl (C=O) groups is 2. The zero-order valence-corrected chi connectivity index (χ0v) is 27.7. The number of hydrogen-bond acceptors (Lipinski definition) is 6. The van der Waals surface area contributed by atoms with Gasteiger partial charge in [-0.3, -0.25) is 14.1 Å². The average molecular weight is 635 g/mol. The fourth-order valence-electron chi connectivity index (χ4n) is 3.69. The van der Waals surface area contributed by atoms with Crippen molar-refractivity contribution in [3.05, 3.63) is 85.1 Å². The van der Waals surface area contributed by atoms with E-state index in [0.29, 0.717) is 19.3 Å². The summed E-state index contributed by atoms with van der Waals surface area (Å²) in [5, 5.41) is 0. The predicted octanol–water partition coefficient (Wildman–Crippen LogP) is 8.95. The number of ether oxygens (including phenoxy) is 2. The van der Waals surface area contributed by atoms with Crippen LogP contribution in [0.1, 0.15) is 104 Å². The first kappa shape index (κ1) is 41.2. The lowest BCUT2D eigenvalue weighted by Gasteiger charge is -2.18. The average Bonchev–Trinajstić information content (AvgIpc) is 2.98. The normalized spacial score (nSPS) is 13.6. The molecule has 0 aliphatic carbocycles. The molecule has 9 heteroatoms. The molecular formula is C35H55O8P. The maximum atomic E-state index is 12.2. The number of phosphoric acid groups is 1. The van der Waals surface area contributed by atoms with Crippen LogP contribution in [0.5, 0.6) is 0 Å². The molecule has 2 N–H and O–H groups in total. The molecule has 1 unspecified atom stereocenters. The van der Waals surface area contributed by atoms with Gasteiger partial charge in [-0.05, 0) is 44.9 Å². The molecule has 248 valence electrons. The molecule has 0 rings (SSSR count). The zero-order valence-electron chi connectivity index (χ0n) is 26.8. The third-order valence-electron chi connectivity index (χ3n) is 6.04. The van der Waals surface area contributed by atoms with Crippen molar-refractivity contribution in [2.45, 2.75) is 110 Å². The first-order chi connectivity index (χ1) is 21.3. The van der Waals surface area contributed by atoms with Crippen LogP contribution in [0, 0.1) is 0 Å². The second-order valence-corrected chi connectivity index (χ2v) is 11.4. The van der Waals surface area contributed by atoms with Crippen molar-refractivity contribution in [1.82, 2.24) is 0 Å². The summed E-state index contributed by atoms with van der Waals surface area (Å²) in [5.41, 5.74) is 0. The number of unbranched alkanes of at least 4 members (excludes halogenated alkanes) is 7. The highest BCUT2D eigenvalue weighted by atomic mass is 31.2. The van der Waals surface area contributed by atoms with Crippen molar-refractivity contribution in [2.75, 3.05) is 13.2 Å². The number of rotatable bonds is 27. The third-order valence-corrected chi connectivity index (χ3v) is 6.52. The Morgan fingerprint density at radius 2 is 1.23 bits per heavy atom. The van der Waals surface area contributed by atoms with E-state index >= 15 is 0 Å². The topological polar surface area (TPSA) is 119 Å². The van der Waals surface area contributed by atoms with Crippen LogP contribution < -0.4 is 0 Å². The standard InChI is InChI=1S/C35H55O8P/c1-3-5-7-9-11-13-15-17-19-21-23-25-27-29-34(36)41-31-33(32-42-44(38,39)40)43-35(37)30-28-26-24-22-20-18-16-14-12-10-8-6-4-2/h6,8,10,12,14,16-20,22-25,33H,3-5,7,9,11,13,15,21,26-32H2,1-2H3,(H2,38,39,40)/b8-6+,12-10+,16-14+,19-17+,20-18+,24-22+,25-23+. The van der Waals surface area contributed by atoms with Crippen LogP contribution in [-0.4, -0.2) is 41.0 Å². The molecule has 0 radical (unpaired) electrons. The van der Waals surface area contributed by atoms with Crippen molar-refractivity contribution in [2.24, 2.45) is 0 Å². The summed E-state index contributed by atoms with van der Waals surface area (Å²) in [5.74, 6) is -1.06. The van der Waals surface area contributed by atoms with Gasteiger partial charge >= 0.3 is 19.8 Å². The first-order valence-electron chi connectivity index (χ1n) is 15.9. The Kier molecular flexibility index (Phi) is 28.4. The molecular weight excluding hydrogens is 579 g/mol. The van der Waals surface area contributed by atoms with Gasteiger partial charge in [0.05, 0.1) is 6.61 Å². The number of phosphoric ester groups is 1. The minimum Gasteiger partial charge on any atom is -0.462 e. The molecule has 0 aromatic heterocycles. The van der Waals surface area contributed by atoms with Crippen molar-refractivity contribution in [3.8, 4) is 0 Å². The van der Waals surface area contributed by atoms with Crippen LogP contribution in [0.2, 0.25) is 0 Å². The minimum absolute atomic E-state index is 0.0998. The van der Waals surface area contributed by atoms with Gasteiger partial charge in [-0.25, -0.2) is 4.57 Å². The molecule has 0 amide bonds. The monoisotopic (exact) mass is 634 g/mol. The second-order valence-electron chi connectivity index (χ2n) is 10.2. The molecule has 0 bridgehead atoms. The van der Waals surface area contributed by atoms with Gasteiger partial charge in [0.15, 0.2) is 6.10 Å². The van der Waals surface area contributed by atoms with Crippen molar-refractivity contribution in [3.63, 3.8) is 0 Å². The zero-order chi connectivity index (χ0) is 32.6. The van der Waals surface area contributed by atoms with Gasteiger partial charge in [0.25, 0.3) is 0 Å². The van der Waals surface area contributed by atoms with E-state index in [-0.39, 0.29) is 19.4 Å². The van der Waals surface area contributed by atoms with Crippen LogP contribution in [-0.2, 0) is 28.2 Å². The summed E-state index contributed by atoms with van der Waals surface area (Å²) in [6.45, 7) is 3.37. The largest absolute Gasteiger partial charge is 0.469 e. The molecule has 0 heterocycles. The predicted molar refractivity (Wildman–Crippen MR) is 179 cm³/mol. The molecule has 0 aliphatic heterocycles. The van der Waals surface area contributed by atoms with Crippen LogP contribution >= 0.6 is 7.82 Å². The maximum Gasteiger partial charge on any atom is 0.469 e. The first-order valence-corrected chi connectivity index (χ1v) is 17.5. The Bertz CT molecular complexity index is 985. The molecule has 0 saturated heterocycles. The van der Waals surface area contributed by atoms with Crippen molar-refractivity contribution >= 4 is 19.8 Å². The second kappa shape index (κ2) is 30.3. The lowest BCUT2D eigenvalue weighted by atomic mass is 10.1. The van der Waals surface area contributed by atoms with Crippen LogP contribution in [0.25, 0.3) is 0 Å².